The maximum atomic E-state index is 13.2. The normalized spacial score (nSPS) is 15.7. The number of benzene rings is 2. The molecule has 0 radical (unpaired) electrons. The van der Waals surface area contributed by atoms with Gasteiger partial charge in [0.05, 0.1) is 11.2 Å². The number of amides is 2. The topological polar surface area (TPSA) is 71.3 Å². The van der Waals surface area contributed by atoms with Crippen LogP contribution in [0.1, 0.15) is 46.0 Å². The summed E-state index contributed by atoms with van der Waals surface area (Å²) in [5.74, 6) is -0.151. The highest BCUT2D eigenvalue weighted by molar-refractivity contribution is 6.30. The van der Waals surface area contributed by atoms with Crippen LogP contribution in [0, 0.1) is 13.8 Å². The van der Waals surface area contributed by atoms with E-state index in [1.165, 1.54) is 11.0 Å². The minimum atomic E-state index is -0.564. The van der Waals surface area contributed by atoms with E-state index in [4.69, 9.17) is 11.6 Å². The fourth-order valence-corrected chi connectivity index (χ4v) is 4.39. The van der Waals surface area contributed by atoms with Gasteiger partial charge in [0.1, 0.15) is 6.33 Å². The van der Waals surface area contributed by atoms with Gasteiger partial charge >= 0.3 is 0 Å². The Bertz CT molecular complexity index is 1170. The highest BCUT2D eigenvalue weighted by Gasteiger charge is 2.40. The Morgan fingerprint density at radius 3 is 2.38 bits per heavy atom. The third-order valence-corrected chi connectivity index (χ3v) is 5.89. The predicted molar refractivity (Wildman–Crippen MR) is 123 cm³/mol. The Hall–Kier alpha value is -3.19. The molecule has 8 heteroatoms. The van der Waals surface area contributed by atoms with Gasteiger partial charge in [0.25, 0.3) is 11.8 Å². The molecule has 0 atom stereocenters. The molecule has 2 aromatic carbocycles. The lowest BCUT2D eigenvalue weighted by molar-refractivity contribution is 0.0160. The SMILES string of the molecule is Cc1cc(C)cc(C(=O)N2CCN(C(=O)c3ncn(-c4cccc(Cl)c4)n3)C(C)(C)C2)c1. The molecule has 4 rings (SSSR count). The Balaban J connectivity index is 1.50. The van der Waals surface area contributed by atoms with Crippen LogP contribution in [-0.4, -0.2) is 61.6 Å². The average molecular weight is 452 g/mol. The molecule has 166 valence electrons. The van der Waals surface area contributed by atoms with Crippen LogP contribution < -0.4 is 0 Å². The van der Waals surface area contributed by atoms with Crippen LogP contribution in [0.2, 0.25) is 5.02 Å². The van der Waals surface area contributed by atoms with Gasteiger partial charge in [-0.15, -0.1) is 5.10 Å². The van der Waals surface area contributed by atoms with Gasteiger partial charge < -0.3 is 9.80 Å². The Kier molecular flexibility index (Phi) is 5.77. The molecule has 0 saturated carbocycles. The largest absolute Gasteiger partial charge is 0.335 e. The standard InChI is InChI=1S/C24H26ClN5O2/c1-16-10-17(2)12-18(11-16)22(31)28-8-9-29(24(3,4)14-28)23(32)21-26-15-30(27-21)20-7-5-6-19(25)13-20/h5-7,10-13,15H,8-9,14H2,1-4H3. The van der Waals surface area contributed by atoms with E-state index in [2.05, 4.69) is 10.1 Å². The molecule has 0 aliphatic carbocycles. The number of aryl methyl sites for hydroxylation is 2. The van der Waals surface area contributed by atoms with Crippen LogP contribution >= 0.6 is 11.6 Å². The van der Waals surface area contributed by atoms with Gasteiger partial charge in [-0.1, -0.05) is 34.9 Å². The maximum absolute atomic E-state index is 13.2. The predicted octanol–water partition coefficient (Wildman–Crippen LogP) is 3.91. The average Bonchev–Trinajstić information content (AvgIpc) is 3.22. The smallest absolute Gasteiger partial charge is 0.294 e. The van der Waals surface area contributed by atoms with Crippen LogP contribution in [-0.2, 0) is 0 Å². The second-order valence-corrected chi connectivity index (χ2v) is 9.30. The van der Waals surface area contributed by atoms with E-state index < -0.39 is 5.54 Å². The van der Waals surface area contributed by atoms with E-state index in [1.807, 2.05) is 62.9 Å². The summed E-state index contributed by atoms with van der Waals surface area (Å²) in [6.07, 6.45) is 1.51. The molecular weight excluding hydrogens is 426 g/mol. The monoisotopic (exact) mass is 451 g/mol. The van der Waals surface area contributed by atoms with E-state index in [0.29, 0.717) is 30.2 Å². The van der Waals surface area contributed by atoms with E-state index in [-0.39, 0.29) is 17.6 Å². The first-order chi connectivity index (χ1) is 15.1. The number of carbonyl (C=O) groups is 2. The van der Waals surface area contributed by atoms with Crippen molar-refractivity contribution in [2.45, 2.75) is 33.2 Å². The number of hydrogen-bond donors (Lipinski definition) is 0. The van der Waals surface area contributed by atoms with E-state index in [0.717, 1.165) is 16.8 Å². The zero-order valence-electron chi connectivity index (χ0n) is 18.7. The molecule has 2 heterocycles. The third-order valence-electron chi connectivity index (χ3n) is 5.66. The Morgan fingerprint density at radius 2 is 1.72 bits per heavy atom. The molecule has 32 heavy (non-hydrogen) atoms. The van der Waals surface area contributed by atoms with Gasteiger partial charge in [-0.2, -0.15) is 0 Å². The van der Waals surface area contributed by atoms with E-state index in [1.54, 1.807) is 17.0 Å². The molecule has 0 spiro atoms. The van der Waals surface area contributed by atoms with Crippen molar-refractivity contribution in [1.29, 1.82) is 0 Å². The summed E-state index contributed by atoms with van der Waals surface area (Å²) in [6.45, 7) is 9.18. The molecule has 1 aromatic heterocycles. The number of aromatic nitrogens is 3. The van der Waals surface area contributed by atoms with Crippen molar-refractivity contribution in [2.24, 2.45) is 0 Å². The molecule has 7 nitrogen and oxygen atoms in total. The van der Waals surface area contributed by atoms with Gasteiger partial charge in [0, 0.05) is 30.2 Å². The highest BCUT2D eigenvalue weighted by atomic mass is 35.5. The summed E-state index contributed by atoms with van der Waals surface area (Å²) in [5, 5.41) is 4.94. The number of nitrogens with zero attached hydrogens (tertiary/aromatic N) is 5. The first-order valence-corrected chi connectivity index (χ1v) is 10.9. The number of piperazine rings is 1. The highest BCUT2D eigenvalue weighted by Crippen LogP contribution is 2.25. The summed E-state index contributed by atoms with van der Waals surface area (Å²) in [7, 11) is 0. The van der Waals surface area contributed by atoms with Gasteiger partial charge in [-0.25, -0.2) is 9.67 Å². The second-order valence-electron chi connectivity index (χ2n) is 8.86. The molecule has 2 amide bonds. The number of halogens is 1. The summed E-state index contributed by atoms with van der Waals surface area (Å²) < 4.78 is 1.53. The number of carbonyl (C=O) groups excluding carboxylic acids is 2. The zero-order valence-corrected chi connectivity index (χ0v) is 19.4. The molecule has 0 N–H and O–H groups in total. The Morgan fingerprint density at radius 1 is 1.00 bits per heavy atom. The number of rotatable bonds is 3. The summed E-state index contributed by atoms with van der Waals surface area (Å²) in [6, 6.07) is 13.1. The van der Waals surface area contributed by atoms with Crippen LogP contribution in [0.15, 0.2) is 48.8 Å². The van der Waals surface area contributed by atoms with E-state index >= 15 is 0 Å². The fourth-order valence-electron chi connectivity index (χ4n) is 4.21. The lowest BCUT2D eigenvalue weighted by Crippen LogP contribution is -2.62. The van der Waals surface area contributed by atoms with Crippen LogP contribution in [0.3, 0.4) is 0 Å². The molecule has 1 fully saturated rings. The first-order valence-electron chi connectivity index (χ1n) is 10.5. The lowest BCUT2D eigenvalue weighted by Gasteiger charge is -2.46. The number of hydrogen-bond acceptors (Lipinski definition) is 4. The van der Waals surface area contributed by atoms with Crippen molar-refractivity contribution < 1.29 is 9.59 Å². The van der Waals surface area contributed by atoms with E-state index in [9.17, 15) is 9.59 Å². The molecule has 1 saturated heterocycles. The summed E-state index contributed by atoms with van der Waals surface area (Å²) >= 11 is 6.06. The fraction of sp³-hybridized carbons (Fsp3) is 0.333. The van der Waals surface area contributed by atoms with Crippen molar-refractivity contribution >= 4 is 23.4 Å². The molecule has 0 bridgehead atoms. The van der Waals surface area contributed by atoms with Crippen LogP contribution in [0.4, 0.5) is 0 Å². The molecule has 1 aliphatic rings. The van der Waals surface area contributed by atoms with Crippen molar-refractivity contribution in [3.8, 4) is 5.69 Å². The molecular formula is C24H26ClN5O2. The second kappa shape index (κ2) is 8.39. The van der Waals surface area contributed by atoms with Gasteiger partial charge in [0.15, 0.2) is 0 Å². The zero-order chi connectivity index (χ0) is 23.0. The van der Waals surface area contributed by atoms with Crippen molar-refractivity contribution in [3.63, 3.8) is 0 Å². The maximum Gasteiger partial charge on any atom is 0.294 e. The van der Waals surface area contributed by atoms with Gasteiger partial charge in [-0.05, 0) is 58.0 Å². The minimum absolute atomic E-state index is 0.0136. The van der Waals surface area contributed by atoms with Crippen molar-refractivity contribution in [1.82, 2.24) is 24.6 Å². The van der Waals surface area contributed by atoms with Gasteiger partial charge in [0.2, 0.25) is 5.82 Å². The van der Waals surface area contributed by atoms with Crippen LogP contribution in [0.5, 0.6) is 0 Å². The van der Waals surface area contributed by atoms with Gasteiger partial charge in [-0.3, -0.25) is 9.59 Å². The summed E-state index contributed by atoms with van der Waals surface area (Å²) in [4.78, 5) is 34.1. The molecule has 0 unspecified atom stereocenters. The minimum Gasteiger partial charge on any atom is -0.335 e. The van der Waals surface area contributed by atoms with Crippen LogP contribution in [0.25, 0.3) is 5.69 Å². The Labute approximate surface area is 192 Å². The molecule has 3 aromatic rings. The third kappa shape index (κ3) is 4.39. The summed E-state index contributed by atoms with van der Waals surface area (Å²) in [5.41, 5.74) is 2.96. The van der Waals surface area contributed by atoms with Crippen molar-refractivity contribution in [3.05, 3.63) is 76.3 Å². The molecule has 1 aliphatic heterocycles. The first kappa shape index (κ1) is 22.0. The lowest BCUT2D eigenvalue weighted by atomic mass is 9.97. The van der Waals surface area contributed by atoms with Crippen molar-refractivity contribution in [2.75, 3.05) is 19.6 Å². The quantitative estimate of drug-likeness (QED) is 0.605.